The predicted molar refractivity (Wildman–Crippen MR) is 58.2 cm³/mol. The van der Waals surface area contributed by atoms with Crippen LogP contribution in [-0.4, -0.2) is 18.9 Å². The van der Waals surface area contributed by atoms with E-state index in [0.717, 1.165) is 18.9 Å². The molecule has 0 heterocycles. The number of ketones is 1. The van der Waals surface area contributed by atoms with E-state index in [1.165, 1.54) is 0 Å². The zero-order valence-corrected chi connectivity index (χ0v) is 10.3. The summed E-state index contributed by atoms with van der Waals surface area (Å²) >= 11 is 0. The van der Waals surface area contributed by atoms with Crippen LogP contribution in [0.5, 0.6) is 0 Å². The number of carbonyl (C=O) groups is 1. The summed E-state index contributed by atoms with van der Waals surface area (Å²) in [5.41, 5.74) is 0. The summed E-state index contributed by atoms with van der Waals surface area (Å²) in [6, 6.07) is 0.915. The van der Waals surface area contributed by atoms with Crippen LogP contribution in [-0.2, 0) is 4.79 Å². The lowest BCUT2D eigenvalue weighted by Gasteiger charge is -2.13. The molecule has 3 heteroatoms. The Morgan fingerprint density at radius 2 is 1.85 bits per heavy atom. The first-order valence-corrected chi connectivity index (χ1v) is 8.23. The molecule has 1 N–H and O–H groups in total. The Labute approximate surface area is 82.5 Å². The summed E-state index contributed by atoms with van der Waals surface area (Å²) in [5.74, 6) is 0.511. The van der Waals surface area contributed by atoms with Gasteiger partial charge in [0.15, 0.2) is 8.32 Å². The van der Waals surface area contributed by atoms with Crippen LogP contribution >= 0.6 is 0 Å². The maximum Gasteiger partial charge on any atom is 0.182 e. The van der Waals surface area contributed by atoms with Crippen LogP contribution in [0.1, 0.15) is 33.1 Å². The Hall–Kier alpha value is -0.153. The van der Waals surface area contributed by atoms with Gasteiger partial charge in [0, 0.05) is 12.3 Å². The third-order valence-corrected chi connectivity index (χ3v) is 3.68. The fourth-order valence-electron chi connectivity index (χ4n) is 1.15. The van der Waals surface area contributed by atoms with E-state index < -0.39 is 8.32 Å². The number of unbranched alkanes of at least 4 members (excludes halogenated alkanes) is 1. The average molecular weight is 202 g/mol. The summed E-state index contributed by atoms with van der Waals surface area (Å²) in [6.45, 7) is 7.76. The SMILES string of the molecule is CC(C)C(=O)CCCC[Si](C)(C)O. The van der Waals surface area contributed by atoms with E-state index in [0.29, 0.717) is 12.2 Å². The van der Waals surface area contributed by atoms with Crippen molar-refractivity contribution in [1.82, 2.24) is 0 Å². The highest BCUT2D eigenvalue weighted by atomic mass is 28.4. The Bertz CT molecular complexity index is 159. The largest absolute Gasteiger partial charge is 0.432 e. The lowest BCUT2D eigenvalue weighted by atomic mass is 10.0. The minimum Gasteiger partial charge on any atom is -0.432 e. The summed E-state index contributed by atoms with van der Waals surface area (Å²) < 4.78 is 0. The van der Waals surface area contributed by atoms with Gasteiger partial charge in [0.05, 0.1) is 0 Å². The first-order chi connectivity index (χ1) is 5.83. The van der Waals surface area contributed by atoms with Crippen molar-refractivity contribution in [3.8, 4) is 0 Å². The molecule has 0 atom stereocenters. The topological polar surface area (TPSA) is 37.3 Å². The molecule has 0 unspecified atom stereocenters. The van der Waals surface area contributed by atoms with Crippen LogP contribution in [0.15, 0.2) is 0 Å². The molecule has 0 aromatic rings. The van der Waals surface area contributed by atoms with Crippen molar-refractivity contribution in [2.75, 3.05) is 0 Å². The molecule has 0 saturated carbocycles. The zero-order chi connectivity index (χ0) is 10.5. The van der Waals surface area contributed by atoms with Gasteiger partial charge in [-0.1, -0.05) is 20.3 Å². The highest BCUT2D eigenvalue weighted by molar-refractivity contribution is 6.69. The highest BCUT2D eigenvalue weighted by Gasteiger charge is 2.16. The number of rotatable bonds is 6. The van der Waals surface area contributed by atoms with E-state index >= 15 is 0 Å². The molecular weight excluding hydrogens is 180 g/mol. The van der Waals surface area contributed by atoms with Crippen LogP contribution in [0.3, 0.4) is 0 Å². The average Bonchev–Trinajstić information content (AvgIpc) is 1.95. The molecule has 0 aliphatic rings. The number of carbonyl (C=O) groups excluding carboxylic acids is 1. The smallest absolute Gasteiger partial charge is 0.182 e. The number of hydrogen-bond acceptors (Lipinski definition) is 2. The second-order valence-electron chi connectivity index (χ2n) is 4.64. The monoisotopic (exact) mass is 202 g/mol. The van der Waals surface area contributed by atoms with Gasteiger partial charge in [-0.3, -0.25) is 4.79 Å². The second kappa shape index (κ2) is 5.55. The van der Waals surface area contributed by atoms with Crippen LogP contribution in [0, 0.1) is 5.92 Å². The van der Waals surface area contributed by atoms with Crippen molar-refractivity contribution in [1.29, 1.82) is 0 Å². The van der Waals surface area contributed by atoms with Crippen LogP contribution in [0.25, 0.3) is 0 Å². The van der Waals surface area contributed by atoms with Crippen molar-refractivity contribution in [3.63, 3.8) is 0 Å². The number of hydrogen-bond donors (Lipinski definition) is 1. The van der Waals surface area contributed by atoms with Crippen LogP contribution in [0.4, 0.5) is 0 Å². The maximum absolute atomic E-state index is 11.2. The van der Waals surface area contributed by atoms with E-state index in [1.807, 2.05) is 26.9 Å². The molecule has 0 rings (SSSR count). The fourth-order valence-corrected chi connectivity index (χ4v) is 2.26. The zero-order valence-electron chi connectivity index (χ0n) is 9.26. The maximum atomic E-state index is 11.2. The Morgan fingerprint density at radius 3 is 2.23 bits per heavy atom. The third kappa shape index (κ3) is 8.18. The predicted octanol–water partition coefficient (Wildman–Crippen LogP) is 2.58. The van der Waals surface area contributed by atoms with E-state index in [2.05, 4.69) is 0 Å². The molecule has 0 bridgehead atoms. The van der Waals surface area contributed by atoms with Crippen molar-refractivity contribution < 1.29 is 9.59 Å². The van der Waals surface area contributed by atoms with Gasteiger partial charge >= 0.3 is 0 Å². The van der Waals surface area contributed by atoms with Gasteiger partial charge in [-0.25, -0.2) is 0 Å². The van der Waals surface area contributed by atoms with Crippen LogP contribution < -0.4 is 0 Å². The molecule has 0 aromatic carbocycles. The molecule has 0 aromatic heterocycles. The van der Waals surface area contributed by atoms with Gasteiger partial charge in [0.1, 0.15) is 5.78 Å². The Kier molecular flexibility index (Phi) is 5.49. The summed E-state index contributed by atoms with van der Waals surface area (Å²) in [6.07, 6.45) is 2.62. The molecule has 2 nitrogen and oxygen atoms in total. The standard InChI is InChI=1S/C10H22O2Si/c1-9(2)10(11)7-5-6-8-13(3,4)12/h9,12H,5-8H2,1-4H3. The minimum atomic E-state index is -1.87. The lowest BCUT2D eigenvalue weighted by Crippen LogP contribution is -2.24. The van der Waals surface area contributed by atoms with Gasteiger partial charge in [-0.2, -0.15) is 0 Å². The number of Topliss-reactive ketones (excluding diaryl/α,β-unsaturated/α-hetero) is 1. The van der Waals surface area contributed by atoms with E-state index in [1.54, 1.807) is 0 Å². The summed E-state index contributed by atoms with van der Waals surface area (Å²) in [4.78, 5) is 20.8. The Balaban J connectivity index is 3.42. The van der Waals surface area contributed by atoms with Crippen molar-refractivity contribution in [2.45, 2.75) is 52.2 Å². The molecule has 0 fully saturated rings. The summed E-state index contributed by atoms with van der Waals surface area (Å²) in [5, 5.41) is 0. The third-order valence-electron chi connectivity index (χ3n) is 2.11. The molecule has 0 radical (unpaired) electrons. The normalized spacial score (nSPS) is 12.2. The minimum absolute atomic E-state index is 0.166. The molecule has 0 spiro atoms. The van der Waals surface area contributed by atoms with Crippen molar-refractivity contribution in [2.24, 2.45) is 5.92 Å². The molecular formula is C10H22O2Si. The van der Waals surface area contributed by atoms with Crippen molar-refractivity contribution >= 4 is 14.1 Å². The molecule has 78 valence electrons. The first kappa shape index (κ1) is 12.8. The van der Waals surface area contributed by atoms with Gasteiger partial charge < -0.3 is 4.80 Å². The molecule has 13 heavy (non-hydrogen) atoms. The van der Waals surface area contributed by atoms with Gasteiger partial charge in [0.2, 0.25) is 0 Å². The summed E-state index contributed by atoms with van der Waals surface area (Å²) in [7, 11) is -1.87. The lowest BCUT2D eigenvalue weighted by molar-refractivity contribution is -0.122. The quantitative estimate of drug-likeness (QED) is 0.531. The molecule has 0 saturated heterocycles. The fraction of sp³-hybridized carbons (Fsp3) is 0.900. The van der Waals surface area contributed by atoms with Crippen molar-refractivity contribution in [3.05, 3.63) is 0 Å². The highest BCUT2D eigenvalue weighted by Crippen LogP contribution is 2.12. The molecule has 0 aliphatic carbocycles. The van der Waals surface area contributed by atoms with E-state index in [-0.39, 0.29) is 5.92 Å². The van der Waals surface area contributed by atoms with E-state index in [4.69, 9.17) is 0 Å². The van der Waals surface area contributed by atoms with Gasteiger partial charge in [0.25, 0.3) is 0 Å². The van der Waals surface area contributed by atoms with E-state index in [9.17, 15) is 9.59 Å². The van der Waals surface area contributed by atoms with Gasteiger partial charge in [-0.15, -0.1) is 0 Å². The Morgan fingerprint density at radius 1 is 1.31 bits per heavy atom. The van der Waals surface area contributed by atoms with Crippen LogP contribution in [0.2, 0.25) is 19.1 Å². The molecule has 0 amide bonds. The van der Waals surface area contributed by atoms with Gasteiger partial charge in [-0.05, 0) is 25.6 Å². The molecule has 0 aliphatic heterocycles. The second-order valence-corrected chi connectivity index (χ2v) is 8.77. The first-order valence-electron chi connectivity index (χ1n) is 5.08.